The number of hydrogen-bond acceptors (Lipinski definition) is 5. The summed E-state index contributed by atoms with van der Waals surface area (Å²) in [5.74, 6) is 0.400. The lowest BCUT2D eigenvalue weighted by atomic mass is 10.2. The monoisotopic (exact) mass is 352 g/mol. The molecule has 1 aromatic heterocycles. The molecular formula is C18H28N2O5. The van der Waals surface area contributed by atoms with E-state index in [0.29, 0.717) is 18.8 Å². The molecule has 0 N–H and O–H groups in total. The predicted octanol–water partition coefficient (Wildman–Crippen LogP) is 1.67. The van der Waals surface area contributed by atoms with E-state index in [0.717, 1.165) is 19.4 Å². The zero-order chi connectivity index (χ0) is 18.2. The molecule has 140 valence electrons. The second-order valence-corrected chi connectivity index (χ2v) is 6.54. The van der Waals surface area contributed by atoms with Crippen LogP contribution in [-0.4, -0.2) is 67.2 Å². The number of nitrogens with zero attached hydrogens (tertiary/aromatic N) is 2. The fraction of sp³-hybridized carbons (Fsp3) is 0.667. The van der Waals surface area contributed by atoms with Gasteiger partial charge in [-0.05, 0) is 38.8 Å². The van der Waals surface area contributed by atoms with Gasteiger partial charge in [0, 0.05) is 26.3 Å². The molecule has 0 saturated carbocycles. The minimum absolute atomic E-state index is 0.0211. The minimum atomic E-state index is -0.194. The van der Waals surface area contributed by atoms with Gasteiger partial charge in [0.25, 0.3) is 0 Å². The van der Waals surface area contributed by atoms with Crippen LogP contribution >= 0.6 is 0 Å². The van der Waals surface area contributed by atoms with Gasteiger partial charge in [-0.2, -0.15) is 0 Å². The third-order valence-corrected chi connectivity index (χ3v) is 4.24. The van der Waals surface area contributed by atoms with Crippen molar-refractivity contribution in [3.8, 4) is 0 Å². The lowest BCUT2D eigenvalue weighted by Crippen LogP contribution is -2.48. The maximum atomic E-state index is 12.9. The zero-order valence-corrected chi connectivity index (χ0v) is 15.3. The Morgan fingerprint density at radius 2 is 2.16 bits per heavy atom. The Balaban J connectivity index is 2.05. The molecule has 2 heterocycles. The van der Waals surface area contributed by atoms with Crippen LogP contribution in [0.1, 0.15) is 32.4 Å². The summed E-state index contributed by atoms with van der Waals surface area (Å²) in [7, 11) is 1.47. The Hall–Kier alpha value is -1.86. The van der Waals surface area contributed by atoms with Gasteiger partial charge in [-0.3, -0.25) is 9.59 Å². The van der Waals surface area contributed by atoms with Crippen molar-refractivity contribution in [2.45, 2.75) is 45.4 Å². The van der Waals surface area contributed by atoms with Crippen molar-refractivity contribution in [2.75, 3.05) is 33.4 Å². The maximum absolute atomic E-state index is 12.9. The molecule has 0 bridgehead atoms. The molecule has 0 aliphatic carbocycles. The lowest BCUT2D eigenvalue weighted by Gasteiger charge is -2.30. The van der Waals surface area contributed by atoms with Gasteiger partial charge in [0.15, 0.2) is 0 Å². The molecule has 1 aliphatic heterocycles. The minimum Gasteiger partial charge on any atom is -0.467 e. The summed E-state index contributed by atoms with van der Waals surface area (Å²) in [6.45, 7) is 5.37. The normalized spacial score (nSPS) is 17.0. The highest BCUT2D eigenvalue weighted by molar-refractivity contribution is 5.85. The highest BCUT2D eigenvalue weighted by Crippen LogP contribution is 2.16. The van der Waals surface area contributed by atoms with Crippen LogP contribution in [0.15, 0.2) is 22.8 Å². The Bertz CT molecular complexity index is 538. The topological polar surface area (TPSA) is 72.2 Å². The molecule has 1 atom stereocenters. The quantitative estimate of drug-likeness (QED) is 0.676. The molecule has 0 unspecified atom stereocenters. The van der Waals surface area contributed by atoms with Gasteiger partial charge >= 0.3 is 0 Å². The first-order valence-corrected chi connectivity index (χ1v) is 8.71. The van der Waals surface area contributed by atoms with Gasteiger partial charge in [0.1, 0.15) is 18.9 Å². The summed E-state index contributed by atoms with van der Waals surface area (Å²) in [5.41, 5.74) is 0. The molecule has 0 spiro atoms. The van der Waals surface area contributed by atoms with E-state index in [9.17, 15) is 9.59 Å². The highest BCUT2D eigenvalue weighted by Gasteiger charge is 2.27. The number of methoxy groups -OCH3 is 1. The number of ether oxygens (including phenoxy) is 2. The van der Waals surface area contributed by atoms with E-state index in [1.165, 1.54) is 12.0 Å². The average Bonchev–Trinajstić information content (AvgIpc) is 3.25. The first-order valence-electron chi connectivity index (χ1n) is 8.71. The first-order chi connectivity index (χ1) is 12.0. The number of furan rings is 1. The summed E-state index contributed by atoms with van der Waals surface area (Å²) >= 11 is 0. The first kappa shape index (κ1) is 19.5. The summed E-state index contributed by atoms with van der Waals surface area (Å²) in [6.07, 6.45) is 3.59. The Kier molecular flexibility index (Phi) is 7.46. The Morgan fingerprint density at radius 3 is 2.72 bits per heavy atom. The molecule has 2 amide bonds. The van der Waals surface area contributed by atoms with Crippen molar-refractivity contribution in [2.24, 2.45) is 0 Å². The molecule has 1 fully saturated rings. The van der Waals surface area contributed by atoms with Gasteiger partial charge in [0.2, 0.25) is 11.8 Å². The molecule has 7 heteroatoms. The van der Waals surface area contributed by atoms with E-state index >= 15 is 0 Å². The van der Waals surface area contributed by atoms with E-state index in [1.807, 2.05) is 19.9 Å². The van der Waals surface area contributed by atoms with Crippen LogP contribution in [-0.2, 0) is 25.6 Å². The van der Waals surface area contributed by atoms with Crippen LogP contribution in [0.5, 0.6) is 0 Å². The van der Waals surface area contributed by atoms with Crippen LogP contribution < -0.4 is 0 Å². The van der Waals surface area contributed by atoms with Crippen molar-refractivity contribution in [1.29, 1.82) is 0 Å². The molecule has 1 aliphatic rings. The predicted molar refractivity (Wildman–Crippen MR) is 91.8 cm³/mol. The van der Waals surface area contributed by atoms with Crippen molar-refractivity contribution < 1.29 is 23.5 Å². The fourth-order valence-corrected chi connectivity index (χ4v) is 2.89. The highest BCUT2D eigenvalue weighted by atomic mass is 16.5. The van der Waals surface area contributed by atoms with E-state index < -0.39 is 0 Å². The molecule has 1 saturated heterocycles. The number of carbonyl (C=O) groups excluding carboxylic acids is 2. The van der Waals surface area contributed by atoms with Crippen LogP contribution in [0, 0.1) is 0 Å². The summed E-state index contributed by atoms with van der Waals surface area (Å²) < 4.78 is 16.0. The SMILES string of the molecule is COCC(=O)N(CC(=O)N(Cc1ccco1)C[C@@H]1CCCO1)C(C)C. The summed E-state index contributed by atoms with van der Waals surface area (Å²) in [6, 6.07) is 3.55. The second kappa shape index (κ2) is 9.58. The Labute approximate surface area is 148 Å². The van der Waals surface area contributed by atoms with Gasteiger partial charge in [0.05, 0.1) is 18.9 Å². The van der Waals surface area contributed by atoms with Crippen LogP contribution in [0.3, 0.4) is 0 Å². The third kappa shape index (κ3) is 5.86. The standard InChI is InChI=1S/C18H28N2O5/c1-14(2)20(18(22)13-23-3)12-17(21)19(10-15-6-4-8-24-15)11-16-7-5-9-25-16/h4,6,8,14,16H,5,7,9-13H2,1-3H3/t16-/m0/s1. The Morgan fingerprint density at radius 1 is 1.36 bits per heavy atom. The van der Waals surface area contributed by atoms with Gasteiger partial charge in [-0.25, -0.2) is 0 Å². The molecule has 0 aromatic carbocycles. The largest absolute Gasteiger partial charge is 0.467 e. The third-order valence-electron chi connectivity index (χ3n) is 4.24. The maximum Gasteiger partial charge on any atom is 0.249 e. The van der Waals surface area contributed by atoms with Crippen molar-refractivity contribution in [3.05, 3.63) is 24.2 Å². The molecule has 0 radical (unpaired) electrons. The average molecular weight is 352 g/mol. The smallest absolute Gasteiger partial charge is 0.249 e. The van der Waals surface area contributed by atoms with E-state index in [2.05, 4.69) is 0 Å². The van der Waals surface area contributed by atoms with Gasteiger partial charge in [-0.1, -0.05) is 0 Å². The van der Waals surface area contributed by atoms with Gasteiger partial charge in [-0.15, -0.1) is 0 Å². The summed E-state index contributed by atoms with van der Waals surface area (Å²) in [5, 5.41) is 0. The van der Waals surface area contributed by atoms with Crippen LogP contribution in [0.25, 0.3) is 0 Å². The number of amides is 2. The van der Waals surface area contributed by atoms with Crippen LogP contribution in [0.2, 0.25) is 0 Å². The number of hydrogen-bond donors (Lipinski definition) is 0. The molecule has 2 rings (SSSR count). The van der Waals surface area contributed by atoms with Crippen molar-refractivity contribution in [1.82, 2.24) is 9.80 Å². The lowest BCUT2D eigenvalue weighted by molar-refractivity contribution is -0.145. The summed E-state index contributed by atoms with van der Waals surface area (Å²) in [4.78, 5) is 28.3. The molecule has 7 nitrogen and oxygen atoms in total. The van der Waals surface area contributed by atoms with E-state index in [4.69, 9.17) is 13.9 Å². The van der Waals surface area contributed by atoms with Gasteiger partial charge < -0.3 is 23.7 Å². The van der Waals surface area contributed by atoms with Crippen molar-refractivity contribution in [3.63, 3.8) is 0 Å². The second-order valence-electron chi connectivity index (χ2n) is 6.54. The fourth-order valence-electron chi connectivity index (χ4n) is 2.89. The van der Waals surface area contributed by atoms with E-state index in [-0.39, 0.29) is 37.1 Å². The number of rotatable bonds is 9. The van der Waals surface area contributed by atoms with E-state index in [1.54, 1.807) is 17.2 Å². The molecular weight excluding hydrogens is 324 g/mol. The number of carbonyl (C=O) groups is 2. The molecule has 25 heavy (non-hydrogen) atoms. The van der Waals surface area contributed by atoms with Crippen LogP contribution in [0.4, 0.5) is 0 Å². The molecule has 1 aromatic rings. The zero-order valence-electron chi connectivity index (χ0n) is 15.3. The van der Waals surface area contributed by atoms with Crippen molar-refractivity contribution >= 4 is 11.8 Å².